The molecule has 0 atom stereocenters. The van der Waals surface area contributed by atoms with E-state index in [2.05, 4.69) is 15.5 Å². The van der Waals surface area contributed by atoms with Crippen molar-refractivity contribution >= 4 is 22.4 Å². The van der Waals surface area contributed by atoms with Gasteiger partial charge in [-0.1, -0.05) is 25.2 Å². The summed E-state index contributed by atoms with van der Waals surface area (Å²) >= 11 is 1.40. The Balaban J connectivity index is 2.01. The first-order chi connectivity index (χ1) is 12.0. The molecule has 2 aromatic rings. The summed E-state index contributed by atoms with van der Waals surface area (Å²) in [6.07, 6.45) is 0.855. The number of hydrogen-bond acceptors (Lipinski definition) is 7. The van der Waals surface area contributed by atoms with E-state index >= 15 is 0 Å². The monoisotopic (exact) mass is 365 g/mol. The molecule has 1 aromatic heterocycles. The van der Waals surface area contributed by atoms with E-state index < -0.39 is 0 Å². The Morgan fingerprint density at radius 1 is 1.12 bits per heavy atom. The lowest BCUT2D eigenvalue weighted by Crippen LogP contribution is -2.12. The quantitative estimate of drug-likeness (QED) is 0.773. The van der Waals surface area contributed by atoms with E-state index in [0.29, 0.717) is 41.1 Å². The van der Waals surface area contributed by atoms with Gasteiger partial charge in [0.25, 0.3) is 0 Å². The highest BCUT2D eigenvalue weighted by Crippen LogP contribution is 2.38. The molecular weight excluding hydrogens is 342 g/mol. The molecule has 0 aliphatic heterocycles. The van der Waals surface area contributed by atoms with Crippen molar-refractivity contribution in [3.63, 3.8) is 0 Å². The highest BCUT2D eigenvalue weighted by Gasteiger charge is 2.15. The summed E-state index contributed by atoms with van der Waals surface area (Å²) in [7, 11) is 4.69. The average molecular weight is 365 g/mol. The molecule has 1 N–H and O–H groups in total. The molecule has 0 saturated heterocycles. The van der Waals surface area contributed by atoms with Gasteiger partial charge in [-0.25, -0.2) is 0 Å². The first-order valence-electron chi connectivity index (χ1n) is 7.90. The number of aryl methyl sites for hydroxylation is 1. The molecule has 25 heavy (non-hydrogen) atoms. The maximum Gasteiger partial charge on any atom is 0.226 e. The maximum atomic E-state index is 12.1. The number of rotatable bonds is 8. The standard InChI is InChI=1S/C17H23N3O4S/c1-10(2)16-19-20-17(25-16)18-14(21)7-6-11-8-12(22-3)15(24-5)13(9-11)23-4/h8-10H,6-7H2,1-5H3,(H,18,20,21). The fraction of sp³-hybridized carbons (Fsp3) is 0.471. The lowest BCUT2D eigenvalue weighted by atomic mass is 10.1. The van der Waals surface area contributed by atoms with Crippen LogP contribution in [0.4, 0.5) is 5.13 Å². The molecule has 8 heteroatoms. The maximum absolute atomic E-state index is 12.1. The number of carbonyl (C=O) groups excluding carboxylic acids is 1. The van der Waals surface area contributed by atoms with Crippen LogP contribution in [0.1, 0.15) is 36.8 Å². The summed E-state index contributed by atoms with van der Waals surface area (Å²) in [5, 5.41) is 12.3. The predicted octanol–water partition coefficient (Wildman–Crippen LogP) is 3.26. The van der Waals surface area contributed by atoms with Crippen LogP contribution in [-0.2, 0) is 11.2 Å². The lowest BCUT2D eigenvalue weighted by Gasteiger charge is -2.14. The second-order valence-electron chi connectivity index (χ2n) is 5.68. The third-order valence-corrected chi connectivity index (χ3v) is 4.69. The van der Waals surface area contributed by atoms with Gasteiger partial charge in [0, 0.05) is 12.3 Å². The number of methoxy groups -OCH3 is 3. The largest absolute Gasteiger partial charge is 0.493 e. The van der Waals surface area contributed by atoms with Crippen molar-refractivity contribution in [2.45, 2.75) is 32.6 Å². The van der Waals surface area contributed by atoms with E-state index in [0.717, 1.165) is 10.6 Å². The van der Waals surface area contributed by atoms with Crippen molar-refractivity contribution in [3.05, 3.63) is 22.7 Å². The van der Waals surface area contributed by atoms with Crippen LogP contribution in [0.2, 0.25) is 0 Å². The van der Waals surface area contributed by atoms with Crippen LogP contribution in [0.3, 0.4) is 0 Å². The molecule has 0 fully saturated rings. The Hall–Kier alpha value is -2.35. The van der Waals surface area contributed by atoms with Gasteiger partial charge in [-0.15, -0.1) is 10.2 Å². The Labute approximate surface area is 151 Å². The lowest BCUT2D eigenvalue weighted by molar-refractivity contribution is -0.116. The van der Waals surface area contributed by atoms with Crippen molar-refractivity contribution in [1.29, 1.82) is 0 Å². The first-order valence-corrected chi connectivity index (χ1v) is 8.72. The fourth-order valence-electron chi connectivity index (χ4n) is 2.24. The second-order valence-corrected chi connectivity index (χ2v) is 6.69. The Morgan fingerprint density at radius 3 is 2.24 bits per heavy atom. The highest BCUT2D eigenvalue weighted by molar-refractivity contribution is 7.15. The third kappa shape index (κ3) is 4.82. The van der Waals surface area contributed by atoms with Crippen molar-refractivity contribution < 1.29 is 19.0 Å². The minimum atomic E-state index is -0.111. The molecule has 0 unspecified atom stereocenters. The van der Waals surface area contributed by atoms with Crippen molar-refractivity contribution in [2.24, 2.45) is 0 Å². The topological polar surface area (TPSA) is 82.6 Å². The summed E-state index contributed by atoms with van der Waals surface area (Å²) < 4.78 is 15.9. The average Bonchev–Trinajstić information content (AvgIpc) is 3.07. The summed E-state index contributed by atoms with van der Waals surface area (Å²) in [4.78, 5) is 12.1. The second kappa shape index (κ2) is 8.66. The smallest absolute Gasteiger partial charge is 0.226 e. The molecule has 1 heterocycles. The number of benzene rings is 1. The minimum Gasteiger partial charge on any atom is -0.493 e. The van der Waals surface area contributed by atoms with E-state index in [4.69, 9.17) is 14.2 Å². The molecule has 0 bridgehead atoms. The zero-order valence-electron chi connectivity index (χ0n) is 15.1. The number of nitrogens with one attached hydrogen (secondary N) is 1. The summed E-state index contributed by atoms with van der Waals surface area (Å²) in [5.74, 6) is 1.86. The SMILES string of the molecule is COc1cc(CCC(=O)Nc2nnc(C(C)C)s2)cc(OC)c1OC. The van der Waals surface area contributed by atoms with E-state index in [9.17, 15) is 4.79 Å². The van der Waals surface area contributed by atoms with E-state index in [-0.39, 0.29) is 5.91 Å². The van der Waals surface area contributed by atoms with Crippen molar-refractivity contribution in [2.75, 3.05) is 26.6 Å². The molecule has 7 nitrogen and oxygen atoms in total. The number of anilines is 1. The highest BCUT2D eigenvalue weighted by atomic mass is 32.1. The van der Waals surface area contributed by atoms with Crippen LogP contribution >= 0.6 is 11.3 Å². The molecule has 0 radical (unpaired) electrons. The zero-order chi connectivity index (χ0) is 18.4. The Morgan fingerprint density at radius 2 is 1.76 bits per heavy atom. The molecule has 0 aliphatic carbocycles. The number of amides is 1. The molecule has 1 amide bonds. The fourth-order valence-corrected chi connectivity index (χ4v) is 3.00. The number of aromatic nitrogens is 2. The van der Waals surface area contributed by atoms with Gasteiger partial charge in [0.15, 0.2) is 11.5 Å². The van der Waals surface area contributed by atoms with Crippen molar-refractivity contribution in [1.82, 2.24) is 10.2 Å². The van der Waals surface area contributed by atoms with Gasteiger partial charge in [0.2, 0.25) is 16.8 Å². The minimum absolute atomic E-state index is 0.111. The Kier molecular flexibility index (Phi) is 6.58. The van der Waals surface area contributed by atoms with E-state index in [1.807, 2.05) is 26.0 Å². The summed E-state index contributed by atoms with van der Waals surface area (Å²) in [5.41, 5.74) is 0.921. The predicted molar refractivity (Wildman–Crippen MR) is 97.0 cm³/mol. The van der Waals surface area contributed by atoms with Crippen LogP contribution in [0, 0.1) is 0 Å². The van der Waals surface area contributed by atoms with Gasteiger partial charge in [-0.3, -0.25) is 4.79 Å². The van der Waals surface area contributed by atoms with Gasteiger partial charge in [-0.2, -0.15) is 0 Å². The van der Waals surface area contributed by atoms with Crippen LogP contribution in [0.5, 0.6) is 17.2 Å². The molecule has 0 spiro atoms. The number of hydrogen-bond donors (Lipinski definition) is 1. The third-order valence-electron chi connectivity index (χ3n) is 3.55. The first kappa shape index (κ1) is 19.0. The van der Waals surface area contributed by atoms with Gasteiger partial charge in [-0.05, 0) is 24.1 Å². The van der Waals surface area contributed by atoms with E-state index in [1.54, 1.807) is 21.3 Å². The van der Waals surface area contributed by atoms with Gasteiger partial charge in [0.05, 0.1) is 21.3 Å². The number of ether oxygens (including phenoxy) is 3. The molecule has 1 aromatic carbocycles. The van der Waals surface area contributed by atoms with Crippen LogP contribution in [-0.4, -0.2) is 37.4 Å². The van der Waals surface area contributed by atoms with Crippen LogP contribution in [0.15, 0.2) is 12.1 Å². The van der Waals surface area contributed by atoms with Crippen LogP contribution < -0.4 is 19.5 Å². The van der Waals surface area contributed by atoms with Crippen molar-refractivity contribution in [3.8, 4) is 17.2 Å². The molecule has 0 saturated carbocycles. The number of nitrogens with zero attached hydrogens (tertiary/aromatic N) is 2. The molecular formula is C17H23N3O4S. The van der Waals surface area contributed by atoms with Gasteiger partial charge < -0.3 is 19.5 Å². The van der Waals surface area contributed by atoms with E-state index in [1.165, 1.54) is 11.3 Å². The van der Waals surface area contributed by atoms with Gasteiger partial charge >= 0.3 is 0 Å². The Bertz CT molecular complexity index is 705. The molecule has 0 aliphatic rings. The number of carbonyl (C=O) groups is 1. The van der Waals surface area contributed by atoms with Crippen LogP contribution in [0.25, 0.3) is 0 Å². The molecule has 136 valence electrons. The molecule has 2 rings (SSSR count). The van der Waals surface area contributed by atoms with Gasteiger partial charge in [0.1, 0.15) is 5.01 Å². The summed E-state index contributed by atoms with van der Waals surface area (Å²) in [6, 6.07) is 3.69. The summed E-state index contributed by atoms with van der Waals surface area (Å²) in [6.45, 7) is 4.08. The zero-order valence-corrected chi connectivity index (χ0v) is 15.9. The normalized spacial score (nSPS) is 10.6.